The lowest BCUT2D eigenvalue weighted by molar-refractivity contribution is 0.242. The van der Waals surface area contributed by atoms with E-state index in [4.69, 9.17) is 17.0 Å². The van der Waals surface area contributed by atoms with E-state index in [1.54, 1.807) is 11.3 Å². The van der Waals surface area contributed by atoms with Crippen molar-refractivity contribution in [2.45, 2.75) is 32.0 Å². The van der Waals surface area contributed by atoms with Crippen molar-refractivity contribution in [1.82, 2.24) is 10.3 Å². The Morgan fingerprint density at radius 1 is 1.21 bits per heavy atom. The number of ether oxygens (including phenoxy) is 1. The second kappa shape index (κ2) is 8.19. The van der Waals surface area contributed by atoms with Crippen molar-refractivity contribution >= 4 is 50.3 Å². The van der Waals surface area contributed by atoms with Gasteiger partial charge in [-0.25, -0.2) is 0 Å². The van der Waals surface area contributed by atoms with E-state index in [2.05, 4.69) is 54.7 Å². The van der Waals surface area contributed by atoms with Gasteiger partial charge in [0.25, 0.3) is 0 Å². The number of anilines is 1. The number of rotatable bonds is 5. The normalized spacial score (nSPS) is 19.1. The Morgan fingerprint density at radius 2 is 2.00 bits per heavy atom. The molecule has 0 amide bonds. The van der Waals surface area contributed by atoms with Crippen molar-refractivity contribution < 1.29 is 4.74 Å². The molecule has 3 heterocycles. The lowest BCUT2D eigenvalue weighted by Gasteiger charge is -2.27. The molecule has 1 aromatic carbocycles. The lowest BCUT2D eigenvalue weighted by Crippen LogP contribution is -2.29. The maximum atomic E-state index is 5.78. The Balaban J connectivity index is 1.73. The van der Waals surface area contributed by atoms with Crippen LogP contribution in [0.3, 0.4) is 0 Å². The van der Waals surface area contributed by atoms with Gasteiger partial charge in [0.05, 0.1) is 23.9 Å². The summed E-state index contributed by atoms with van der Waals surface area (Å²) in [4.78, 5) is 7.97. The highest BCUT2D eigenvalue weighted by atomic mass is 79.9. The number of nitrogens with zero attached hydrogens (tertiary/aromatic N) is 2. The van der Waals surface area contributed by atoms with Gasteiger partial charge in [-0.2, -0.15) is 0 Å². The maximum absolute atomic E-state index is 5.78. The molecule has 0 spiro atoms. The van der Waals surface area contributed by atoms with Crippen molar-refractivity contribution in [3.8, 4) is 5.75 Å². The van der Waals surface area contributed by atoms with Crippen LogP contribution in [0.4, 0.5) is 5.69 Å². The highest BCUT2D eigenvalue weighted by Crippen LogP contribution is 2.44. The Hall–Kier alpha value is -1.96. The average molecular weight is 474 g/mol. The molecule has 28 heavy (non-hydrogen) atoms. The zero-order valence-electron chi connectivity index (χ0n) is 15.5. The van der Waals surface area contributed by atoms with Gasteiger partial charge in [-0.3, -0.25) is 4.98 Å². The van der Waals surface area contributed by atoms with E-state index in [-0.39, 0.29) is 18.2 Å². The third-order valence-corrected chi connectivity index (χ3v) is 6.54. The fourth-order valence-corrected chi connectivity index (χ4v) is 5.28. The standard InChI is InChI=1S/C21H20BrN3OS2/c1-13(2)26-16-8-6-15(7-9-16)25-20(18-11-14(22)12-28-18)19(24-21(25)27)17-5-3-4-10-23-17/h3-13,19-20H,1-2H3,(H,24,27). The van der Waals surface area contributed by atoms with E-state index in [1.807, 2.05) is 50.4 Å². The molecule has 2 unspecified atom stereocenters. The molecule has 1 aliphatic heterocycles. The maximum Gasteiger partial charge on any atom is 0.174 e. The Bertz CT molecular complexity index is 959. The molecule has 1 fully saturated rings. The van der Waals surface area contributed by atoms with Gasteiger partial charge in [-0.15, -0.1) is 11.3 Å². The van der Waals surface area contributed by atoms with Gasteiger partial charge >= 0.3 is 0 Å². The third-order valence-electron chi connectivity index (χ3n) is 4.46. The van der Waals surface area contributed by atoms with Crippen molar-refractivity contribution in [3.63, 3.8) is 0 Å². The van der Waals surface area contributed by atoms with E-state index in [1.165, 1.54) is 4.88 Å². The Morgan fingerprint density at radius 3 is 2.61 bits per heavy atom. The van der Waals surface area contributed by atoms with Crippen molar-refractivity contribution in [3.05, 3.63) is 75.2 Å². The molecular formula is C21H20BrN3OS2. The van der Waals surface area contributed by atoms with Gasteiger partial charge < -0.3 is 15.0 Å². The average Bonchev–Trinajstić information content (AvgIpc) is 3.26. The van der Waals surface area contributed by atoms with Gasteiger partial charge in [0.15, 0.2) is 5.11 Å². The largest absolute Gasteiger partial charge is 0.491 e. The molecule has 4 nitrogen and oxygen atoms in total. The molecular weight excluding hydrogens is 454 g/mol. The first kappa shape index (κ1) is 19.4. The smallest absolute Gasteiger partial charge is 0.174 e. The number of thiocarbonyl (C=S) groups is 1. The SMILES string of the molecule is CC(C)Oc1ccc(N2C(=S)NC(c3ccccn3)C2c2cc(Br)cs2)cc1. The predicted molar refractivity (Wildman–Crippen MR) is 122 cm³/mol. The summed E-state index contributed by atoms with van der Waals surface area (Å²) < 4.78 is 6.86. The highest BCUT2D eigenvalue weighted by molar-refractivity contribution is 9.10. The van der Waals surface area contributed by atoms with E-state index in [9.17, 15) is 0 Å². The Labute approximate surface area is 182 Å². The molecule has 0 bridgehead atoms. The van der Waals surface area contributed by atoms with Crippen LogP contribution in [-0.2, 0) is 0 Å². The first-order valence-electron chi connectivity index (χ1n) is 9.04. The first-order valence-corrected chi connectivity index (χ1v) is 11.1. The molecule has 4 rings (SSSR count). The van der Waals surface area contributed by atoms with Crippen molar-refractivity contribution in [1.29, 1.82) is 0 Å². The van der Waals surface area contributed by atoms with E-state index < -0.39 is 0 Å². The number of pyridine rings is 1. The quantitative estimate of drug-likeness (QED) is 0.468. The van der Waals surface area contributed by atoms with Crippen LogP contribution < -0.4 is 15.0 Å². The summed E-state index contributed by atoms with van der Waals surface area (Å²) in [7, 11) is 0. The number of thiophene rings is 1. The zero-order chi connectivity index (χ0) is 19.7. The van der Waals surface area contributed by atoms with Gasteiger partial charge in [-0.05, 0) is 84.5 Å². The van der Waals surface area contributed by atoms with E-state index in [0.717, 1.165) is 21.6 Å². The monoisotopic (exact) mass is 473 g/mol. The van der Waals surface area contributed by atoms with Crippen LogP contribution in [0.25, 0.3) is 0 Å². The summed E-state index contributed by atoms with van der Waals surface area (Å²) in [5.41, 5.74) is 2.00. The van der Waals surface area contributed by atoms with Crippen LogP contribution in [0.1, 0.15) is 36.5 Å². The predicted octanol–water partition coefficient (Wildman–Crippen LogP) is 5.87. The van der Waals surface area contributed by atoms with Gasteiger partial charge in [-0.1, -0.05) is 6.07 Å². The second-order valence-corrected chi connectivity index (χ2v) is 9.07. The van der Waals surface area contributed by atoms with Crippen LogP contribution in [0.15, 0.2) is 64.6 Å². The molecule has 0 radical (unpaired) electrons. The molecule has 2 atom stereocenters. The molecule has 1 aliphatic rings. The van der Waals surface area contributed by atoms with Crippen LogP contribution in [0, 0.1) is 0 Å². The van der Waals surface area contributed by atoms with Crippen molar-refractivity contribution in [2.24, 2.45) is 0 Å². The fourth-order valence-electron chi connectivity index (χ4n) is 3.36. The van der Waals surface area contributed by atoms with Gasteiger partial charge in [0, 0.05) is 26.6 Å². The number of halogens is 1. The first-order chi connectivity index (χ1) is 13.5. The molecule has 1 N–H and O–H groups in total. The van der Waals surface area contributed by atoms with Gasteiger partial charge in [0.1, 0.15) is 5.75 Å². The summed E-state index contributed by atoms with van der Waals surface area (Å²) in [5, 5.41) is 6.28. The highest BCUT2D eigenvalue weighted by Gasteiger charge is 2.41. The molecule has 7 heteroatoms. The minimum absolute atomic E-state index is 0.0224. The molecule has 3 aromatic rings. The van der Waals surface area contributed by atoms with Crippen LogP contribution in [0.2, 0.25) is 0 Å². The molecule has 144 valence electrons. The summed E-state index contributed by atoms with van der Waals surface area (Å²) in [6, 6.07) is 16.2. The van der Waals surface area contributed by atoms with E-state index in [0.29, 0.717) is 5.11 Å². The minimum atomic E-state index is -0.0224. The number of nitrogens with one attached hydrogen (secondary N) is 1. The summed E-state index contributed by atoms with van der Waals surface area (Å²) in [6.45, 7) is 4.05. The summed E-state index contributed by atoms with van der Waals surface area (Å²) >= 11 is 11.0. The fraction of sp³-hybridized carbons (Fsp3) is 0.238. The number of hydrogen-bond acceptors (Lipinski definition) is 4. The molecule has 0 aliphatic carbocycles. The third kappa shape index (κ3) is 3.92. The minimum Gasteiger partial charge on any atom is -0.491 e. The molecule has 1 saturated heterocycles. The zero-order valence-corrected chi connectivity index (χ0v) is 18.7. The number of aromatic nitrogens is 1. The van der Waals surface area contributed by atoms with Crippen LogP contribution >= 0.6 is 39.5 Å². The Kier molecular flexibility index (Phi) is 5.66. The van der Waals surface area contributed by atoms with E-state index >= 15 is 0 Å². The second-order valence-electron chi connectivity index (χ2n) is 6.82. The summed E-state index contributed by atoms with van der Waals surface area (Å²) in [5.74, 6) is 0.855. The van der Waals surface area contributed by atoms with Crippen LogP contribution in [0.5, 0.6) is 5.75 Å². The summed E-state index contributed by atoms with van der Waals surface area (Å²) in [6.07, 6.45) is 1.97. The molecule has 2 aromatic heterocycles. The topological polar surface area (TPSA) is 37.4 Å². The lowest BCUT2D eigenvalue weighted by atomic mass is 10.0. The molecule has 0 saturated carbocycles. The van der Waals surface area contributed by atoms with Gasteiger partial charge in [0.2, 0.25) is 0 Å². The number of benzene rings is 1. The van der Waals surface area contributed by atoms with Crippen molar-refractivity contribution in [2.75, 3.05) is 4.90 Å². The number of hydrogen-bond donors (Lipinski definition) is 1. The van der Waals surface area contributed by atoms with Crippen LogP contribution in [-0.4, -0.2) is 16.2 Å².